The number of rotatable bonds is 13. The normalized spacial score (nSPS) is 32.8. The van der Waals surface area contributed by atoms with E-state index in [1.807, 2.05) is 55.5 Å². The Hall–Kier alpha value is -3.86. The van der Waals surface area contributed by atoms with Crippen LogP contribution in [0.25, 0.3) is 10.9 Å². The topological polar surface area (TPSA) is 158 Å². The number of aliphatic carboxylic acids is 1. The van der Waals surface area contributed by atoms with Crippen LogP contribution in [-0.2, 0) is 16.1 Å². The fourth-order valence-corrected chi connectivity index (χ4v) is 12.2. The number of anilines is 1. The van der Waals surface area contributed by atoms with Gasteiger partial charge in [-0.25, -0.2) is 0 Å². The molecule has 4 unspecified atom stereocenters. The van der Waals surface area contributed by atoms with E-state index < -0.39 is 18.2 Å². The standard InChI is InChI=1S/C46H61N3O7/c1-26(10-17-40(53)54)34-15-16-35-42-36(24-39(52)46(34,35)5)45(4)19-18-32(22-31(45)23-38(42)51)56-21-20-47-44(55)30-13-11-29(12-14-30)25-48-43-33-8-6-7-9-37(33)49-27(2)41(43)28(3)50/h6-9,11-14,26,31-32,34-36,38-39,42,51-52H,10,15-25H2,1-5H3,(H,47,55)(H,48,49)(H,53,54)/t26-,31?,32+,34-,35?,36?,38-,39+,42?,45+,46-/m1/s1. The van der Waals surface area contributed by atoms with Crippen LogP contribution in [0, 0.1) is 53.3 Å². The number of pyridine rings is 1. The van der Waals surface area contributed by atoms with Crippen LogP contribution < -0.4 is 10.6 Å². The van der Waals surface area contributed by atoms with Crippen molar-refractivity contribution in [1.29, 1.82) is 0 Å². The first kappa shape index (κ1) is 40.3. The van der Waals surface area contributed by atoms with Gasteiger partial charge in [-0.1, -0.05) is 51.1 Å². The minimum Gasteiger partial charge on any atom is -0.481 e. The maximum Gasteiger partial charge on any atom is 0.303 e. The number of nitrogens with zero attached hydrogens (tertiary/aromatic N) is 1. The van der Waals surface area contributed by atoms with Gasteiger partial charge in [-0.2, -0.15) is 0 Å². The van der Waals surface area contributed by atoms with Gasteiger partial charge in [0.25, 0.3) is 5.91 Å². The lowest BCUT2D eigenvalue weighted by atomic mass is 9.43. The van der Waals surface area contributed by atoms with Crippen molar-refractivity contribution in [2.45, 2.75) is 117 Å². The minimum atomic E-state index is -0.767. The second-order valence-corrected chi connectivity index (χ2v) is 18.1. The molecule has 7 rings (SSSR count). The predicted octanol–water partition coefficient (Wildman–Crippen LogP) is 7.57. The minimum absolute atomic E-state index is 0.0235. The Morgan fingerprint density at radius 3 is 2.46 bits per heavy atom. The zero-order valence-electron chi connectivity index (χ0n) is 33.7. The van der Waals surface area contributed by atoms with Gasteiger partial charge in [0.1, 0.15) is 0 Å². The molecule has 302 valence electrons. The van der Waals surface area contributed by atoms with Crippen molar-refractivity contribution in [3.05, 3.63) is 70.9 Å². The first-order chi connectivity index (χ1) is 26.7. The zero-order valence-corrected chi connectivity index (χ0v) is 33.7. The number of hydrogen-bond acceptors (Lipinski definition) is 8. The third-order valence-corrected chi connectivity index (χ3v) is 15.2. The molecule has 10 nitrogen and oxygen atoms in total. The molecular weight excluding hydrogens is 707 g/mol. The first-order valence-corrected chi connectivity index (χ1v) is 20.9. The van der Waals surface area contributed by atoms with Crippen LogP contribution in [-0.4, -0.2) is 69.4 Å². The number of carbonyl (C=O) groups excluding carboxylic acids is 2. The molecule has 4 aliphatic carbocycles. The van der Waals surface area contributed by atoms with Crippen molar-refractivity contribution in [3.63, 3.8) is 0 Å². The SMILES string of the molecule is CC(=O)c1c(C)nc2ccccc2c1NCc1ccc(C(=O)NCCO[C@H]2CC[C@@]3(C)C(C2)C[C@@H](O)C2C3C[C@H](O)[C@@]3(C)C2CC[C@@H]3[C@H](C)CCC(=O)O)cc1. The summed E-state index contributed by atoms with van der Waals surface area (Å²) in [4.78, 5) is 41.5. The summed E-state index contributed by atoms with van der Waals surface area (Å²) in [6, 6.07) is 15.2. The number of aliphatic hydroxyl groups excluding tert-OH is 2. The van der Waals surface area contributed by atoms with Crippen molar-refractivity contribution < 1.29 is 34.4 Å². The Bertz CT molecular complexity index is 1930. The monoisotopic (exact) mass is 767 g/mol. The average molecular weight is 768 g/mol. The van der Waals surface area contributed by atoms with E-state index in [2.05, 4.69) is 36.4 Å². The number of amides is 1. The number of carboxylic acid groups (broad SMARTS) is 1. The van der Waals surface area contributed by atoms with E-state index in [1.54, 1.807) is 6.92 Å². The summed E-state index contributed by atoms with van der Waals surface area (Å²) in [5.74, 6) is 0.465. The summed E-state index contributed by atoms with van der Waals surface area (Å²) in [6.45, 7) is 11.5. The smallest absolute Gasteiger partial charge is 0.303 e. The number of Topliss-reactive ketones (excluding diaryl/α,β-unsaturated/α-hetero) is 1. The molecule has 11 atom stereocenters. The van der Waals surface area contributed by atoms with Gasteiger partial charge in [-0.05, 0) is 135 Å². The second kappa shape index (κ2) is 16.2. The van der Waals surface area contributed by atoms with Crippen LogP contribution in [0.5, 0.6) is 0 Å². The van der Waals surface area contributed by atoms with Crippen LogP contribution >= 0.6 is 0 Å². The molecule has 0 aliphatic heterocycles. The number of aliphatic hydroxyl groups is 2. The van der Waals surface area contributed by atoms with Gasteiger partial charge in [0, 0.05) is 30.5 Å². The van der Waals surface area contributed by atoms with Crippen molar-refractivity contribution in [2.75, 3.05) is 18.5 Å². The zero-order chi connectivity index (χ0) is 39.9. The molecule has 3 aromatic rings. The van der Waals surface area contributed by atoms with E-state index in [1.165, 1.54) is 0 Å². The number of fused-ring (bicyclic) bond motifs is 6. The highest BCUT2D eigenvalue weighted by Gasteiger charge is 2.65. The van der Waals surface area contributed by atoms with Crippen LogP contribution in [0.15, 0.2) is 48.5 Å². The molecule has 1 heterocycles. The molecule has 0 spiro atoms. The van der Waals surface area contributed by atoms with Crippen molar-refractivity contribution >= 4 is 34.3 Å². The molecule has 1 amide bonds. The third-order valence-electron chi connectivity index (χ3n) is 15.2. The van der Waals surface area contributed by atoms with Crippen LogP contribution in [0.4, 0.5) is 5.69 Å². The molecule has 4 fully saturated rings. The molecule has 0 saturated heterocycles. The highest BCUT2D eigenvalue weighted by atomic mass is 16.5. The Morgan fingerprint density at radius 1 is 0.982 bits per heavy atom. The molecule has 56 heavy (non-hydrogen) atoms. The van der Waals surface area contributed by atoms with Crippen molar-refractivity contribution in [1.82, 2.24) is 10.3 Å². The van der Waals surface area contributed by atoms with Gasteiger partial charge in [-0.15, -0.1) is 0 Å². The number of para-hydroxylation sites is 1. The van der Waals surface area contributed by atoms with E-state index >= 15 is 0 Å². The molecule has 5 N–H and O–H groups in total. The Labute approximate surface area is 331 Å². The summed E-state index contributed by atoms with van der Waals surface area (Å²) in [5, 5.41) is 40.3. The summed E-state index contributed by atoms with van der Waals surface area (Å²) in [7, 11) is 0. The number of nitrogens with one attached hydrogen (secondary N) is 2. The second-order valence-electron chi connectivity index (χ2n) is 18.1. The van der Waals surface area contributed by atoms with Crippen LogP contribution in [0.1, 0.15) is 117 Å². The van der Waals surface area contributed by atoms with Crippen molar-refractivity contribution in [2.24, 2.45) is 46.3 Å². The van der Waals surface area contributed by atoms with E-state index in [4.69, 9.17) is 4.74 Å². The fourth-order valence-electron chi connectivity index (χ4n) is 12.2. The lowest BCUT2D eigenvalue weighted by Crippen LogP contribution is -2.62. The molecule has 4 saturated carbocycles. The highest BCUT2D eigenvalue weighted by molar-refractivity contribution is 6.08. The number of hydrogen-bond donors (Lipinski definition) is 5. The van der Waals surface area contributed by atoms with E-state index in [0.29, 0.717) is 55.3 Å². The number of aromatic nitrogens is 1. The van der Waals surface area contributed by atoms with Crippen LogP contribution in [0.2, 0.25) is 0 Å². The van der Waals surface area contributed by atoms with Gasteiger partial charge >= 0.3 is 5.97 Å². The number of ether oxygens (including phenoxy) is 1. The quantitative estimate of drug-likeness (QED) is 0.0874. The molecule has 4 aliphatic rings. The van der Waals surface area contributed by atoms with Gasteiger partial charge in [-0.3, -0.25) is 19.4 Å². The molecule has 0 radical (unpaired) electrons. The number of aryl methyl sites for hydroxylation is 1. The molecule has 2 aromatic carbocycles. The first-order valence-electron chi connectivity index (χ1n) is 20.9. The van der Waals surface area contributed by atoms with Crippen molar-refractivity contribution in [3.8, 4) is 0 Å². The number of benzene rings is 2. The van der Waals surface area contributed by atoms with Gasteiger partial charge in [0.15, 0.2) is 5.78 Å². The molecule has 0 bridgehead atoms. The fraction of sp³-hybridized carbons (Fsp3) is 0.609. The van der Waals surface area contributed by atoms with Gasteiger partial charge in [0.05, 0.1) is 47.4 Å². The third kappa shape index (κ3) is 7.49. The highest BCUT2D eigenvalue weighted by Crippen LogP contribution is 2.68. The molecule has 1 aromatic heterocycles. The predicted molar refractivity (Wildman–Crippen MR) is 216 cm³/mol. The van der Waals surface area contributed by atoms with E-state index in [0.717, 1.165) is 60.7 Å². The summed E-state index contributed by atoms with van der Waals surface area (Å²) in [5.41, 5.74) is 4.15. The largest absolute Gasteiger partial charge is 0.481 e. The van der Waals surface area contributed by atoms with E-state index in [9.17, 15) is 29.7 Å². The van der Waals surface area contributed by atoms with Crippen LogP contribution in [0.3, 0.4) is 0 Å². The summed E-state index contributed by atoms with van der Waals surface area (Å²) < 4.78 is 6.36. The Morgan fingerprint density at radius 2 is 1.73 bits per heavy atom. The summed E-state index contributed by atoms with van der Waals surface area (Å²) in [6.07, 6.45) is 6.17. The lowest BCUT2D eigenvalue weighted by Gasteiger charge is -2.63. The average Bonchev–Trinajstić information content (AvgIpc) is 3.53. The maximum absolute atomic E-state index is 13.0. The number of carbonyl (C=O) groups is 3. The Kier molecular flexibility index (Phi) is 11.7. The summed E-state index contributed by atoms with van der Waals surface area (Å²) >= 11 is 0. The lowest BCUT2D eigenvalue weighted by molar-refractivity contribution is -0.209. The maximum atomic E-state index is 13.0. The number of ketones is 1. The van der Waals surface area contributed by atoms with Gasteiger partial charge < -0.3 is 30.7 Å². The molecule has 10 heteroatoms. The molecular formula is C46H61N3O7. The van der Waals surface area contributed by atoms with Gasteiger partial charge in [0.2, 0.25) is 0 Å². The Balaban J connectivity index is 0.896. The number of carboxylic acids is 1. The van der Waals surface area contributed by atoms with E-state index in [-0.39, 0.29) is 64.6 Å².